The Kier molecular flexibility index (Phi) is 7.18. The minimum atomic E-state index is 0.798. The maximum Gasteiger partial charge on any atom is 0.00694 e. The van der Waals surface area contributed by atoms with E-state index in [9.17, 15) is 0 Å². The fourth-order valence-corrected chi connectivity index (χ4v) is 3.22. The fraction of sp³-hybridized carbons (Fsp3) is 1.00. The lowest BCUT2D eigenvalue weighted by atomic mass is 9.90. The monoisotopic (exact) mass is 239 g/mol. The first-order valence-corrected chi connectivity index (χ1v) is 7.87. The molecule has 0 N–H and O–H groups in total. The van der Waals surface area contributed by atoms with Crippen LogP contribution in [0.5, 0.6) is 0 Å². The molecule has 1 fully saturated rings. The fourth-order valence-electron chi connectivity index (χ4n) is 3.22. The first-order valence-electron chi connectivity index (χ1n) is 7.87. The molecule has 0 aromatic rings. The molecule has 0 aliphatic carbocycles. The second-order valence-corrected chi connectivity index (χ2v) is 6.39. The predicted molar refractivity (Wildman–Crippen MR) is 77.4 cm³/mol. The zero-order valence-electron chi connectivity index (χ0n) is 12.5. The summed E-state index contributed by atoms with van der Waals surface area (Å²) in [4.78, 5) is 2.74. The van der Waals surface area contributed by atoms with Gasteiger partial charge in [-0.1, -0.05) is 40.0 Å². The van der Waals surface area contributed by atoms with Gasteiger partial charge in [0.1, 0.15) is 0 Å². The van der Waals surface area contributed by atoms with E-state index in [1.807, 2.05) is 0 Å². The number of rotatable bonds is 6. The molecule has 3 atom stereocenters. The Bertz CT molecular complexity index is 182. The van der Waals surface area contributed by atoms with Crippen molar-refractivity contribution in [3.63, 3.8) is 0 Å². The zero-order valence-corrected chi connectivity index (χ0v) is 12.5. The van der Waals surface area contributed by atoms with Crippen molar-refractivity contribution in [2.75, 3.05) is 13.1 Å². The Morgan fingerprint density at radius 1 is 0.824 bits per heavy atom. The SMILES string of the molecule is CCC(C)CC(C)CC(C)N1CCCCCC1. The molecule has 0 aromatic heterocycles. The van der Waals surface area contributed by atoms with E-state index in [0.717, 1.165) is 17.9 Å². The van der Waals surface area contributed by atoms with Gasteiger partial charge in [0.2, 0.25) is 0 Å². The van der Waals surface area contributed by atoms with Crippen LogP contribution in [-0.2, 0) is 0 Å². The van der Waals surface area contributed by atoms with Crippen LogP contribution in [0.3, 0.4) is 0 Å². The van der Waals surface area contributed by atoms with E-state index < -0.39 is 0 Å². The van der Waals surface area contributed by atoms with Gasteiger partial charge in [-0.2, -0.15) is 0 Å². The second kappa shape index (κ2) is 8.13. The Labute approximate surface area is 109 Å². The van der Waals surface area contributed by atoms with Crippen molar-refractivity contribution in [2.24, 2.45) is 11.8 Å². The van der Waals surface area contributed by atoms with E-state index in [0.29, 0.717) is 0 Å². The lowest BCUT2D eigenvalue weighted by Gasteiger charge is -2.30. The van der Waals surface area contributed by atoms with Gasteiger partial charge in [0.25, 0.3) is 0 Å². The number of nitrogens with zero attached hydrogens (tertiary/aromatic N) is 1. The summed E-state index contributed by atoms with van der Waals surface area (Å²) in [7, 11) is 0. The molecule has 1 heterocycles. The Morgan fingerprint density at radius 3 is 1.94 bits per heavy atom. The summed E-state index contributed by atoms with van der Waals surface area (Å²) in [6.07, 6.45) is 9.88. The highest BCUT2D eigenvalue weighted by atomic mass is 15.1. The van der Waals surface area contributed by atoms with Gasteiger partial charge in [-0.3, -0.25) is 0 Å². The van der Waals surface area contributed by atoms with Crippen molar-refractivity contribution < 1.29 is 0 Å². The van der Waals surface area contributed by atoms with Crippen molar-refractivity contribution in [1.29, 1.82) is 0 Å². The van der Waals surface area contributed by atoms with Crippen molar-refractivity contribution in [2.45, 2.75) is 78.7 Å². The number of hydrogen-bond donors (Lipinski definition) is 0. The molecule has 1 heteroatoms. The van der Waals surface area contributed by atoms with Gasteiger partial charge in [-0.15, -0.1) is 0 Å². The molecule has 0 bridgehead atoms. The molecule has 0 spiro atoms. The van der Waals surface area contributed by atoms with E-state index in [-0.39, 0.29) is 0 Å². The zero-order chi connectivity index (χ0) is 12.7. The highest BCUT2D eigenvalue weighted by molar-refractivity contribution is 4.73. The van der Waals surface area contributed by atoms with Crippen LogP contribution in [0.1, 0.15) is 72.6 Å². The van der Waals surface area contributed by atoms with Crippen LogP contribution in [0.2, 0.25) is 0 Å². The molecule has 102 valence electrons. The number of hydrogen-bond acceptors (Lipinski definition) is 1. The van der Waals surface area contributed by atoms with Crippen molar-refractivity contribution in [1.82, 2.24) is 4.90 Å². The Balaban J connectivity index is 2.28. The smallest absolute Gasteiger partial charge is 0.00694 e. The van der Waals surface area contributed by atoms with E-state index in [1.54, 1.807) is 0 Å². The van der Waals surface area contributed by atoms with Crippen LogP contribution in [-0.4, -0.2) is 24.0 Å². The summed E-state index contributed by atoms with van der Waals surface area (Å²) in [5.74, 6) is 1.80. The molecule has 1 rings (SSSR count). The minimum absolute atomic E-state index is 0.798. The summed E-state index contributed by atoms with van der Waals surface area (Å²) < 4.78 is 0. The van der Waals surface area contributed by atoms with Gasteiger partial charge < -0.3 is 4.90 Å². The molecular formula is C16H33N. The predicted octanol–water partition coefficient (Wildman–Crippen LogP) is 4.71. The highest BCUT2D eigenvalue weighted by Crippen LogP contribution is 2.22. The van der Waals surface area contributed by atoms with Crippen LogP contribution < -0.4 is 0 Å². The summed E-state index contributed by atoms with van der Waals surface area (Å²) in [5, 5.41) is 0. The van der Waals surface area contributed by atoms with Crippen LogP contribution in [0.25, 0.3) is 0 Å². The third-order valence-corrected chi connectivity index (χ3v) is 4.51. The van der Waals surface area contributed by atoms with E-state index >= 15 is 0 Å². The molecule has 3 unspecified atom stereocenters. The highest BCUT2D eigenvalue weighted by Gasteiger charge is 2.18. The van der Waals surface area contributed by atoms with Gasteiger partial charge in [-0.25, -0.2) is 0 Å². The van der Waals surface area contributed by atoms with Gasteiger partial charge in [0.05, 0.1) is 0 Å². The van der Waals surface area contributed by atoms with E-state index in [1.165, 1.54) is 58.0 Å². The standard InChI is InChI=1S/C16H33N/c1-5-14(2)12-15(3)13-16(4)17-10-8-6-7-9-11-17/h14-16H,5-13H2,1-4H3. The first-order chi connectivity index (χ1) is 8.13. The van der Waals surface area contributed by atoms with Gasteiger partial charge in [-0.05, 0) is 57.5 Å². The van der Waals surface area contributed by atoms with Crippen LogP contribution in [0, 0.1) is 11.8 Å². The Hall–Kier alpha value is -0.0400. The topological polar surface area (TPSA) is 3.24 Å². The van der Waals surface area contributed by atoms with Gasteiger partial charge in [0, 0.05) is 6.04 Å². The summed E-state index contributed by atoms with van der Waals surface area (Å²) >= 11 is 0. The molecule has 1 saturated heterocycles. The van der Waals surface area contributed by atoms with Crippen molar-refractivity contribution >= 4 is 0 Å². The summed E-state index contributed by atoms with van der Waals surface area (Å²) in [6, 6.07) is 0.798. The summed E-state index contributed by atoms with van der Waals surface area (Å²) in [5.41, 5.74) is 0. The molecule has 1 nitrogen and oxygen atoms in total. The maximum absolute atomic E-state index is 2.74. The molecule has 1 aliphatic heterocycles. The van der Waals surface area contributed by atoms with Crippen LogP contribution in [0.15, 0.2) is 0 Å². The van der Waals surface area contributed by atoms with Gasteiger partial charge >= 0.3 is 0 Å². The molecule has 0 aromatic carbocycles. The maximum atomic E-state index is 2.74. The summed E-state index contributed by atoms with van der Waals surface area (Å²) in [6.45, 7) is 12.3. The van der Waals surface area contributed by atoms with Crippen molar-refractivity contribution in [3.8, 4) is 0 Å². The molecule has 0 amide bonds. The molecule has 0 saturated carbocycles. The van der Waals surface area contributed by atoms with Gasteiger partial charge in [0.15, 0.2) is 0 Å². The average Bonchev–Trinajstić information content (AvgIpc) is 2.57. The third kappa shape index (κ3) is 5.90. The first kappa shape index (κ1) is 15.0. The number of likely N-dealkylation sites (tertiary alicyclic amines) is 1. The van der Waals surface area contributed by atoms with E-state index in [4.69, 9.17) is 0 Å². The largest absolute Gasteiger partial charge is 0.301 e. The molecule has 0 radical (unpaired) electrons. The lowest BCUT2D eigenvalue weighted by Crippen LogP contribution is -2.35. The quantitative estimate of drug-likeness (QED) is 0.648. The third-order valence-electron chi connectivity index (χ3n) is 4.51. The second-order valence-electron chi connectivity index (χ2n) is 6.39. The van der Waals surface area contributed by atoms with Crippen LogP contribution >= 0.6 is 0 Å². The van der Waals surface area contributed by atoms with Crippen molar-refractivity contribution in [3.05, 3.63) is 0 Å². The molecular weight excluding hydrogens is 206 g/mol. The average molecular weight is 239 g/mol. The molecule has 17 heavy (non-hydrogen) atoms. The van der Waals surface area contributed by atoms with Crippen LogP contribution in [0.4, 0.5) is 0 Å². The lowest BCUT2D eigenvalue weighted by molar-refractivity contribution is 0.182. The molecule has 1 aliphatic rings. The normalized spacial score (nSPS) is 24.0. The minimum Gasteiger partial charge on any atom is -0.301 e. The van der Waals surface area contributed by atoms with E-state index in [2.05, 4.69) is 32.6 Å². The Morgan fingerprint density at radius 2 is 1.41 bits per heavy atom.